The average Bonchev–Trinajstić information content (AvgIpc) is 1.93. The zero-order valence-electron chi connectivity index (χ0n) is 7.02. The van der Waals surface area contributed by atoms with E-state index in [2.05, 4.69) is 19.1 Å². The molecule has 0 fully saturated rings. The fourth-order valence-corrected chi connectivity index (χ4v) is 1.09. The lowest BCUT2D eigenvalue weighted by molar-refractivity contribution is 1.22. The topological polar surface area (TPSA) is 23.9 Å². The van der Waals surface area contributed by atoms with E-state index in [1.165, 1.54) is 11.1 Å². The monoisotopic (exact) mass is 147 g/mol. The molecule has 1 aromatic rings. The molecule has 0 amide bonds. The summed E-state index contributed by atoms with van der Waals surface area (Å²) in [5.74, 6) is 0. The molecule has 1 rings (SSSR count). The predicted molar refractivity (Wildman–Crippen MR) is 48.3 cm³/mol. The van der Waals surface area contributed by atoms with Crippen LogP contribution in [0.25, 0.3) is 0 Å². The second-order valence-corrected chi connectivity index (χ2v) is 2.88. The van der Waals surface area contributed by atoms with Crippen LogP contribution in [0.1, 0.15) is 18.1 Å². The number of benzene rings is 1. The quantitative estimate of drug-likeness (QED) is 0.622. The molecule has 1 N–H and O–H groups in total. The molecule has 0 bridgehead atoms. The van der Waals surface area contributed by atoms with Gasteiger partial charge < -0.3 is 5.41 Å². The lowest BCUT2D eigenvalue weighted by atomic mass is 10.0. The molecule has 0 aliphatic carbocycles. The van der Waals surface area contributed by atoms with Crippen LogP contribution in [0.5, 0.6) is 0 Å². The van der Waals surface area contributed by atoms with Crippen LogP contribution in [0.3, 0.4) is 0 Å². The third-order valence-electron chi connectivity index (χ3n) is 1.72. The van der Waals surface area contributed by atoms with Crippen molar-refractivity contribution in [1.82, 2.24) is 0 Å². The minimum Gasteiger partial charge on any atom is -0.310 e. The maximum absolute atomic E-state index is 7.33. The Morgan fingerprint density at radius 1 is 1.36 bits per heavy atom. The van der Waals surface area contributed by atoms with Crippen LogP contribution in [0, 0.1) is 12.3 Å². The number of hydrogen-bond donors (Lipinski definition) is 1. The molecule has 0 saturated heterocycles. The molecule has 1 nitrogen and oxygen atoms in total. The van der Waals surface area contributed by atoms with Gasteiger partial charge in [-0.2, -0.15) is 0 Å². The standard InChI is InChI=1S/C10H13N/c1-8-5-3-4-6-10(8)7-9(2)11/h3-6,11H,7H2,1-2H3. The van der Waals surface area contributed by atoms with E-state index in [9.17, 15) is 0 Å². The summed E-state index contributed by atoms with van der Waals surface area (Å²) in [6, 6.07) is 8.20. The molecule has 58 valence electrons. The second-order valence-electron chi connectivity index (χ2n) is 2.88. The first-order valence-electron chi connectivity index (χ1n) is 3.78. The van der Waals surface area contributed by atoms with Gasteiger partial charge >= 0.3 is 0 Å². The van der Waals surface area contributed by atoms with Crippen molar-refractivity contribution >= 4 is 5.71 Å². The Morgan fingerprint density at radius 3 is 2.55 bits per heavy atom. The Balaban J connectivity index is 2.86. The second kappa shape index (κ2) is 3.33. The van der Waals surface area contributed by atoms with E-state index in [-0.39, 0.29) is 0 Å². The Morgan fingerprint density at radius 2 is 2.00 bits per heavy atom. The van der Waals surface area contributed by atoms with E-state index in [4.69, 9.17) is 5.41 Å². The summed E-state index contributed by atoms with van der Waals surface area (Å²) < 4.78 is 0. The van der Waals surface area contributed by atoms with E-state index in [0.29, 0.717) is 0 Å². The van der Waals surface area contributed by atoms with Crippen molar-refractivity contribution in [3.63, 3.8) is 0 Å². The summed E-state index contributed by atoms with van der Waals surface area (Å²) in [6.07, 6.45) is 0.784. The van der Waals surface area contributed by atoms with Crippen LogP contribution in [-0.2, 0) is 6.42 Å². The zero-order chi connectivity index (χ0) is 8.27. The summed E-state index contributed by atoms with van der Waals surface area (Å²) in [5.41, 5.74) is 3.26. The van der Waals surface area contributed by atoms with Crippen molar-refractivity contribution in [3.05, 3.63) is 35.4 Å². The lowest BCUT2D eigenvalue weighted by Crippen LogP contribution is -1.96. The van der Waals surface area contributed by atoms with E-state index in [1.54, 1.807) is 0 Å². The fourth-order valence-electron chi connectivity index (χ4n) is 1.09. The molecule has 1 aromatic carbocycles. The Kier molecular flexibility index (Phi) is 2.42. The number of hydrogen-bond acceptors (Lipinski definition) is 1. The van der Waals surface area contributed by atoms with Crippen LogP contribution in [0.4, 0.5) is 0 Å². The number of nitrogens with one attached hydrogen (secondary N) is 1. The highest BCUT2D eigenvalue weighted by atomic mass is 14.4. The van der Waals surface area contributed by atoms with Gasteiger partial charge in [-0.05, 0) is 25.0 Å². The molecule has 0 heterocycles. The van der Waals surface area contributed by atoms with E-state index in [0.717, 1.165) is 12.1 Å². The Bertz CT molecular complexity index is 263. The SMILES string of the molecule is CC(=N)Cc1ccccc1C. The van der Waals surface area contributed by atoms with Gasteiger partial charge in [0.15, 0.2) is 0 Å². The molecule has 0 radical (unpaired) electrons. The third kappa shape index (κ3) is 2.19. The minimum absolute atomic E-state index is 0.722. The highest BCUT2D eigenvalue weighted by Crippen LogP contribution is 2.07. The number of rotatable bonds is 2. The summed E-state index contributed by atoms with van der Waals surface area (Å²) in [6.45, 7) is 3.92. The van der Waals surface area contributed by atoms with Gasteiger partial charge in [0.1, 0.15) is 0 Å². The highest BCUT2D eigenvalue weighted by molar-refractivity contribution is 5.81. The summed E-state index contributed by atoms with van der Waals surface area (Å²) in [4.78, 5) is 0. The molecule has 0 aliphatic rings. The van der Waals surface area contributed by atoms with Crippen LogP contribution in [-0.4, -0.2) is 5.71 Å². The highest BCUT2D eigenvalue weighted by Gasteiger charge is 1.96. The van der Waals surface area contributed by atoms with Crippen molar-refractivity contribution in [3.8, 4) is 0 Å². The molecule has 11 heavy (non-hydrogen) atoms. The molecule has 0 spiro atoms. The van der Waals surface area contributed by atoms with Crippen LogP contribution in [0.2, 0.25) is 0 Å². The molecular formula is C10H13N. The smallest absolute Gasteiger partial charge is 0.0102 e. The van der Waals surface area contributed by atoms with Crippen molar-refractivity contribution in [2.45, 2.75) is 20.3 Å². The van der Waals surface area contributed by atoms with Gasteiger partial charge in [0.05, 0.1) is 0 Å². The van der Waals surface area contributed by atoms with E-state index >= 15 is 0 Å². The average molecular weight is 147 g/mol. The van der Waals surface area contributed by atoms with E-state index < -0.39 is 0 Å². The van der Waals surface area contributed by atoms with Gasteiger partial charge in [0.25, 0.3) is 0 Å². The van der Waals surface area contributed by atoms with Crippen molar-refractivity contribution in [2.24, 2.45) is 0 Å². The van der Waals surface area contributed by atoms with Gasteiger partial charge in [0, 0.05) is 12.1 Å². The summed E-state index contributed by atoms with van der Waals surface area (Å²) in [5, 5.41) is 7.33. The largest absolute Gasteiger partial charge is 0.310 e. The molecule has 0 atom stereocenters. The normalized spacial score (nSPS) is 9.64. The van der Waals surface area contributed by atoms with E-state index in [1.807, 2.05) is 19.1 Å². The van der Waals surface area contributed by atoms with Gasteiger partial charge in [-0.15, -0.1) is 0 Å². The lowest BCUT2D eigenvalue weighted by Gasteiger charge is -2.02. The first-order valence-corrected chi connectivity index (χ1v) is 3.78. The van der Waals surface area contributed by atoms with Gasteiger partial charge in [-0.1, -0.05) is 24.3 Å². The maximum atomic E-state index is 7.33. The Hall–Kier alpha value is -1.11. The van der Waals surface area contributed by atoms with Gasteiger partial charge in [-0.3, -0.25) is 0 Å². The van der Waals surface area contributed by atoms with Crippen LogP contribution < -0.4 is 0 Å². The molecule has 0 aliphatic heterocycles. The van der Waals surface area contributed by atoms with Gasteiger partial charge in [-0.25, -0.2) is 0 Å². The van der Waals surface area contributed by atoms with Crippen LogP contribution >= 0.6 is 0 Å². The molecular weight excluding hydrogens is 134 g/mol. The third-order valence-corrected chi connectivity index (χ3v) is 1.72. The molecule has 0 unspecified atom stereocenters. The fraction of sp³-hybridized carbons (Fsp3) is 0.300. The molecule has 1 heteroatoms. The van der Waals surface area contributed by atoms with Crippen molar-refractivity contribution in [2.75, 3.05) is 0 Å². The Labute approximate surface area is 67.6 Å². The summed E-state index contributed by atoms with van der Waals surface area (Å²) >= 11 is 0. The molecule has 0 aromatic heterocycles. The summed E-state index contributed by atoms with van der Waals surface area (Å²) in [7, 11) is 0. The first kappa shape index (κ1) is 7.99. The zero-order valence-corrected chi connectivity index (χ0v) is 7.02. The molecule has 0 saturated carbocycles. The number of aryl methyl sites for hydroxylation is 1. The predicted octanol–water partition coefficient (Wildman–Crippen LogP) is 2.58. The van der Waals surface area contributed by atoms with Crippen LogP contribution in [0.15, 0.2) is 24.3 Å². The first-order chi connectivity index (χ1) is 5.20. The minimum atomic E-state index is 0.722. The van der Waals surface area contributed by atoms with Crippen molar-refractivity contribution in [1.29, 1.82) is 5.41 Å². The van der Waals surface area contributed by atoms with Crippen molar-refractivity contribution < 1.29 is 0 Å². The maximum Gasteiger partial charge on any atom is 0.0102 e. The van der Waals surface area contributed by atoms with Gasteiger partial charge in [0.2, 0.25) is 0 Å².